The Balaban J connectivity index is 1.66. The molecule has 2 aliphatic rings. The number of fused-ring (bicyclic) bond motifs is 2. The van der Waals surface area contributed by atoms with E-state index in [1.54, 1.807) is 0 Å². The summed E-state index contributed by atoms with van der Waals surface area (Å²) in [5.74, 6) is 1.89. The minimum Gasteiger partial charge on any atom is -0.496 e. The quantitative estimate of drug-likeness (QED) is 0.195. The first-order valence-corrected chi connectivity index (χ1v) is 20.3. The van der Waals surface area contributed by atoms with E-state index < -0.39 is 8.07 Å². The van der Waals surface area contributed by atoms with E-state index in [0.29, 0.717) is 11.1 Å². The minimum atomic E-state index is -2.21. The van der Waals surface area contributed by atoms with Gasteiger partial charge in [-0.25, -0.2) is 0 Å². The lowest BCUT2D eigenvalue weighted by Gasteiger charge is -2.39. The average Bonchev–Trinajstić information content (AvgIpc) is 3.51. The topological polar surface area (TPSA) is 18.5 Å². The van der Waals surface area contributed by atoms with Crippen molar-refractivity contribution in [2.24, 2.45) is 10.8 Å². The first-order valence-electron chi connectivity index (χ1n) is 17.1. The molecule has 0 radical (unpaired) electrons. The van der Waals surface area contributed by atoms with Crippen molar-refractivity contribution >= 4 is 19.2 Å². The van der Waals surface area contributed by atoms with E-state index in [2.05, 4.69) is 153 Å². The minimum absolute atomic E-state index is 0.0309. The van der Waals surface area contributed by atoms with E-state index in [9.17, 15) is 0 Å². The normalized spacial score (nSPS) is 18.0. The number of ether oxygens (including phenoxy) is 2. The van der Waals surface area contributed by atoms with Gasteiger partial charge in [0.1, 0.15) is 11.5 Å². The fourth-order valence-electron chi connectivity index (χ4n) is 9.51. The Labute approximate surface area is 284 Å². The van der Waals surface area contributed by atoms with E-state index in [1.165, 1.54) is 66.8 Å². The summed E-state index contributed by atoms with van der Waals surface area (Å²) in [5, 5.41) is 0. The zero-order chi connectivity index (χ0) is 34.1. The van der Waals surface area contributed by atoms with Crippen LogP contribution in [0.3, 0.4) is 0 Å². The summed E-state index contributed by atoms with van der Waals surface area (Å²) in [5.41, 5.74) is 17.3. The maximum absolute atomic E-state index is 6.10. The summed E-state index contributed by atoms with van der Waals surface area (Å²) in [6, 6.07) is 30.9. The van der Waals surface area contributed by atoms with Crippen LogP contribution in [0, 0.1) is 10.8 Å². The molecule has 0 heterocycles. The predicted octanol–water partition coefficient (Wildman–Crippen LogP) is 12.4. The van der Waals surface area contributed by atoms with Crippen LogP contribution in [0.15, 0.2) is 96.1 Å². The van der Waals surface area contributed by atoms with Gasteiger partial charge < -0.3 is 9.47 Å². The van der Waals surface area contributed by atoms with E-state index in [-0.39, 0.29) is 10.8 Å². The molecular formula is C44H52O2Si. The van der Waals surface area contributed by atoms with Gasteiger partial charge in [0.25, 0.3) is 0 Å². The molecule has 0 aromatic heterocycles. The Morgan fingerprint density at radius 3 is 1.13 bits per heavy atom. The molecule has 2 nitrogen and oxygen atoms in total. The number of methoxy groups -OCH3 is 2. The standard InChI is InChI=1S/C44H52O2Si/c1-27-39(43(3,4)5)37-31(23-25-33(45-9)35(37)29-19-15-13-16-20-29)41(27)47(11,12)42-28(2)40(44(6,7)8)38-32(42)24-26-34(46-10)36(38)30-21-17-14-18-22-30/h13-26,41-42H,1-12H3. The van der Waals surface area contributed by atoms with Crippen molar-refractivity contribution in [2.75, 3.05) is 14.2 Å². The van der Waals surface area contributed by atoms with Crippen molar-refractivity contribution in [3.63, 3.8) is 0 Å². The molecule has 2 aliphatic carbocycles. The number of allylic oxidation sites excluding steroid dienone is 4. The van der Waals surface area contributed by atoms with E-state index in [0.717, 1.165) is 11.5 Å². The van der Waals surface area contributed by atoms with Gasteiger partial charge in [-0.05, 0) is 81.3 Å². The van der Waals surface area contributed by atoms with Crippen LogP contribution in [0.25, 0.3) is 33.4 Å². The molecule has 47 heavy (non-hydrogen) atoms. The molecule has 2 atom stereocenters. The van der Waals surface area contributed by atoms with Gasteiger partial charge >= 0.3 is 0 Å². The Bertz CT molecular complexity index is 1760. The van der Waals surface area contributed by atoms with E-state index in [1.807, 2.05) is 14.2 Å². The SMILES string of the molecule is COc1ccc2c(c1-c1ccccc1)C(C(C)(C)C)=C(C)C2[Si](C)(C)C1C(C)=C(C(C)(C)C)c2c1ccc(OC)c2-c1ccccc1. The molecule has 4 aromatic rings. The molecule has 4 aromatic carbocycles. The number of hydrogen-bond acceptors (Lipinski definition) is 2. The van der Waals surface area contributed by atoms with Gasteiger partial charge in [0.2, 0.25) is 0 Å². The summed E-state index contributed by atoms with van der Waals surface area (Å²) < 4.78 is 12.2. The summed E-state index contributed by atoms with van der Waals surface area (Å²) >= 11 is 0. The van der Waals surface area contributed by atoms with Crippen LogP contribution in [0.4, 0.5) is 0 Å². The van der Waals surface area contributed by atoms with Crippen molar-refractivity contribution in [1.29, 1.82) is 0 Å². The lowest BCUT2D eigenvalue weighted by Crippen LogP contribution is -2.42. The third kappa shape index (κ3) is 5.22. The maximum Gasteiger partial charge on any atom is 0.127 e. The lowest BCUT2D eigenvalue weighted by molar-refractivity contribution is 0.416. The van der Waals surface area contributed by atoms with Gasteiger partial charge in [0, 0.05) is 22.2 Å². The highest BCUT2D eigenvalue weighted by Crippen LogP contribution is 2.63. The molecule has 0 aliphatic heterocycles. The highest BCUT2D eigenvalue weighted by molar-refractivity contribution is 6.82. The third-order valence-electron chi connectivity index (χ3n) is 10.7. The molecule has 0 spiro atoms. The Morgan fingerprint density at radius 1 is 0.489 bits per heavy atom. The summed E-state index contributed by atoms with van der Waals surface area (Å²) in [7, 11) is 1.41. The van der Waals surface area contributed by atoms with Crippen LogP contribution in [0.1, 0.15) is 88.7 Å². The summed E-state index contributed by atoms with van der Waals surface area (Å²) in [4.78, 5) is 0. The van der Waals surface area contributed by atoms with Crippen molar-refractivity contribution in [3.8, 4) is 33.8 Å². The first-order chi connectivity index (χ1) is 22.1. The van der Waals surface area contributed by atoms with Crippen LogP contribution < -0.4 is 9.47 Å². The van der Waals surface area contributed by atoms with Crippen LogP contribution in [0.2, 0.25) is 13.1 Å². The molecule has 0 N–H and O–H groups in total. The molecule has 244 valence electrons. The zero-order valence-corrected chi connectivity index (χ0v) is 31.6. The molecule has 2 unspecified atom stereocenters. The highest BCUT2D eigenvalue weighted by Gasteiger charge is 2.52. The average molecular weight is 641 g/mol. The highest BCUT2D eigenvalue weighted by atomic mass is 28.3. The van der Waals surface area contributed by atoms with Gasteiger partial charge in [0.05, 0.1) is 22.3 Å². The van der Waals surface area contributed by atoms with Crippen LogP contribution in [0.5, 0.6) is 11.5 Å². The lowest BCUT2D eigenvalue weighted by atomic mass is 9.79. The Hall–Kier alpha value is -3.82. The predicted molar refractivity (Wildman–Crippen MR) is 204 cm³/mol. The largest absolute Gasteiger partial charge is 0.496 e. The van der Waals surface area contributed by atoms with Crippen LogP contribution in [-0.4, -0.2) is 22.3 Å². The van der Waals surface area contributed by atoms with Crippen molar-refractivity contribution in [3.05, 3.63) is 118 Å². The summed E-state index contributed by atoms with van der Waals surface area (Å²) in [6.07, 6.45) is 0. The maximum atomic E-state index is 6.10. The molecule has 0 fully saturated rings. The van der Waals surface area contributed by atoms with Gasteiger partial charge in [-0.3, -0.25) is 0 Å². The number of hydrogen-bond donors (Lipinski definition) is 0. The second kappa shape index (κ2) is 11.7. The molecule has 3 heteroatoms. The van der Waals surface area contributed by atoms with Crippen molar-refractivity contribution in [2.45, 2.75) is 79.6 Å². The van der Waals surface area contributed by atoms with Crippen molar-refractivity contribution in [1.82, 2.24) is 0 Å². The van der Waals surface area contributed by atoms with Gasteiger partial charge in [-0.2, -0.15) is 0 Å². The molecule has 6 rings (SSSR count). The molecule has 0 saturated heterocycles. The van der Waals surface area contributed by atoms with E-state index in [4.69, 9.17) is 9.47 Å². The molecule has 0 saturated carbocycles. The Kier molecular flexibility index (Phi) is 8.24. The summed E-state index contributed by atoms with van der Waals surface area (Å²) in [6.45, 7) is 24.5. The third-order valence-corrected chi connectivity index (χ3v) is 15.2. The van der Waals surface area contributed by atoms with Crippen molar-refractivity contribution < 1.29 is 9.47 Å². The van der Waals surface area contributed by atoms with E-state index >= 15 is 0 Å². The molecule has 0 amide bonds. The zero-order valence-electron chi connectivity index (χ0n) is 30.6. The van der Waals surface area contributed by atoms with Gasteiger partial charge in [-0.1, -0.05) is 139 Å². The van der Waals surface area contributed by atoms with Crippen LogP contribution >= 0.6 is 0 Å². The van der Waals surface area contributed by atoms with Gasteiger partial charge in [0.15, 0.2) is 0 Å². The number of rotatable bonds is 6. The smallest absolute Gasteiger partial charge is 0.127 e. The first kappa shape index (κ1) is 33.1. The molecule has 0 bridgehead atoms. The fourth-order valence-corrected chi connectivity index (χ4v) is 14.4. The van der Waals surface area contributed by atoms with Crippen LogP contribution in [-0.2, 0) is 0 Å². The monoisotopic (exact) mass is 640 g/mol. The fraction of sp³-hybridized carbons (Fsp3) is 0.364. The second-order valence-corrected chi connectivity index (χ2v) is 21.0. The molecular weight excluding hydrogens is 589 g/mol. The van der Waals surface area contributed by atoms with Gasteiger partial charge in [-0.15, -0.1) is 0 Å². The number of benzene rings is 4. The Morgan fingerprint density at radius 2 is 0.830 bits per heavy atom. The second-order valence-electron chi connectivity index (χ2n) is 16.2.